The van der Waals surface area contributed by atoms with Gasteiger partial charge in [0.15, 0.2) is 5.78 Å². The lowest BCUT2D eigenvalue weighted by Crippen LogP contribution is -2.14. The van der Waals surface area contributed by atoms with Crippen molar-refractivity contribution in [3.05, 3.63) is 70.9 Å². The Hall–Kier alpha value is -2.49. The van der Waals surface area contributed by atoms with Crippen molar-refractivity contribution in [2.45, 2.75) is 25.8 Å². The van der Waals surface area contributed by atoms with Crippen LogP contribution in [0.15, 0.2) is 42.5 Å². The Morgan fingerprint density at radius 3 is 2.57 bits per heavy atom. The summed E-state index contributed by atoms with van der Waals surface area (Å²) in [5.74, 6) is -0.541. The van der Waals surface area contributed by atoms with E-state index in [1.807, 2.05) is 10.6 Å². The summed E-state index contributed by atoms with van der Waals surface area (Å²) < 4.78 is 29.4. The zero-order valence-corrected chi connectivity index (χ0v) is 12.5. The molecule has 1 aliphatic carbocycles. The molecule has 0 N–H and O–H groups in total. The normalized spacial score (nSPS) is 14.3. The molecule has 4 rings (SSSR count). The van der Waals surface area contributed by atoms with Gasteiger partial charge in [-0.3, -0.25) is 4.79 Å². The summed E-state index contributed by atoms with van der Waals surface area (Å²) >= 11 is 0. The molecule has 4 heteroatoms. The van der Waals surface area contributed by atoms with Crippen LogP contribution in [-0.2, 0) is 13.0 Å². The fourth-order valence-corrected chi connectivity index (χ4v) is 3.48. The van der Waals surface area contributed by atoms with Gasteiger partial charge in [0.2, 0.25) is 0 Å². The molecular formula is C19H15F2NO. The summed E-state index contributed by atoms with van der Waals surface area (Å²) in [6.45, 7) is 0.431. The lowest BCUT2D eigenvalue weighted by molar-refractivity contribution is 0.0973. The van der Waals surface area contributed by atoms with Gasteiger partial charge < -0.3 is 4.57 Å². The molecule has 1 aromatic heterocycles. The van der Waals surface area contributed by atoms with Crippen molar-refractivity contribution in [1.29, 1.82) is 0 Å². The Bertz CT molecular complexity index is 909. The van der Waals surface area contributed by atoms with E-state index in [2.05, 4.69) is 0 Å². The molecular weight excluding hydrogens is 296 g/mol. The predicted octanol–water partition coefficient (Wildman–Crippen LogP) is 4.49. The summed E-state index contributed by atoms with van der Waals surface area (Å²) in [5.41, 5.74) is 2.91. The van der Waals surface area contributed by atoms with Gasteiger partial charge in [-0.2, -0.15) is 0 Å². The number of rotatable bonds is 2. The summed E-state index contributed by atoms with van der Waals surface area (Å²) in [6.07, 6.45) is 2.06. The van der Waals surface area contributed by atoms with Crippen molar-refractivity contribution in [2.75, 3.05) is 0 Å². The standard InChI is InChI=1S/C19H15F2NO/c20-13-9-7-12(8-10-13)11-22-16-5-2-6-17(23)18(16)14-3-1-4-15(21)19(14)22/h1,3-4,7-10H,2,5-6,11H2. The third kappa shape index (κ3) is 2.25. The summed E-state index contributed by atoms with van der Waals surface area (Å²) in [4.78, 5) is 12.3. The van der Waals surface area contributed by atoms with Crippen molar-refractivity contribution in [2.24, 2.45) is 0 Å². The molecule has 23 heavy (non-hydrogen) atoms. The largest absolute Gasteiger partial charge is 0.337 e. The Morgan fingerprint density at radius 2 is 1.78 bits per heavy atom. The molecule has 0 spiro atoms. The number of hydrogen-bond acceptors (Lipinski definition) is 1. The highest BCUT2D eigenvalue weighted by Gasteiger charge is 2.27. The second-order valence-electron chi connectivity index (χ2n) is 5.95. The molecule has 0 saturated heterocycles. The number of ketones is 1. The minimum absolute atomic E-state index is 0.0831. The second-order valence-corrected chi connectivity index (χ2v) is 5.95. The van der Waals surface area contributed by atoms with E-state index < -0.39 is 0 Å². The van der Waals surface area contributed by atoms with E-state index in [9.17, 15) is 13.6 Å². The van der Waals surface area contributed by atoms with Crippen LogP contribution in [0.2, 0.25) is 0 Å². The number of fused-ring (bicyclic) bond motifs is 3. The number of carbonyl (C=O) groups is 1. The maximum absolute atomic E-state index is 14.4. The van der Waals surface area contributed by atoms with Crippen LogP contribution < -0.4 is 0 Å². The van der Waals surface area contributed by atoms with Crippen molar-refractivity contribution in [3.8, 4) is 0 Å². The highest BCUT2D eigenvalue weighted by Crippen LogP contribution is 2.34. The molecule has 0 atom stereocenters. The quantitative estimate of drug-likeness (QED) is 0.683. The molecule has 2 nitrogen and oxygen atoms in total. The average Bonchev–Trinajstić information content (AvgIpc) is 2.86. The Kier molecular flexibility index (Phi) is 3.26. The topological polar surface area (TPSA) is 22.0 Å². The molecule has 0 saturated carbocycles. The van der Waals surface area contributed by atoms with Gasteiger partial charge in [0.25, 0.3) is 0 Å². The minimum Gasteiger partial charge on any atom is -0.337 e. The molecule has 1 heterocycles. The van der Waals surface area contributed by atoms with Gasteiger partial charge in [0, 0.05) is 29.6 Å². The molecule has 0 radical (unpaired) electrons. The number of Topliss-reactive ketones (excluding diaryl/α,β-unsaturated/α-hetero) is 1. The van der Waals surface area contributed by atoms with Crippen LogP contribution in [0.4, 0.5) is 8.78 Å². The van der Waals surface area contributed by atoms with Crippen LogP contribution in [-0.4, -0.2) is 10.4 Å². The van der Waals surface area contributed by atoms with Crippen molar-refractivity contribution in [1.82, 2.24) is 4.57 Å². The Morgan fingerprint density at radius 1 is 1.00 bits per heavy atom. The first-order chi connectivity index (χ1) is 11.1. The number of halogens is 2. The van der Waals surface area contributed by atoms with Crippen LogP contribution in [0.1, 0.15) is 34.5 Å². The first-order valence-corrected chi connectivity index (χ1v) is 7.72. The Balaban J connectivity index is 1.94. The van der Waals surface area contributed by atoms with Crippen LogP contribution in [0.3, 0.4) is 0 Å². The summed E-state index contributed by atoms with van der Waals surface area (Å²) in [5, 5.41) is 0.687. The summed E-state index contributed by atoms with van der Waals surface area (Å²) in [6, 6.07) is 11.0. The van der Waals surface area contributed by atoms with Crippen molar-refractivity contribution >= 4 is 16.7 Å². The van der Waals surface area contributed by atoms with E-state index >= 15 is 0 Å². The van der Waals surface area contributed by atoms with Gasteiger partial charge >= 0.3 is 0 Å². The fourth-order valence-electron chi connectivity index (χ4n) is 3.48. The van der Waals surface area contributed by atoms with E-state index in [0.717, 1.165) is 24.1 Å². The van der Waals surface area contributed by atoms with Crippen LogP contribution in [0.25, 0.3) is 10.9 Å². The number of aromatic nitrogens is 1. The zero-order valence-electron chi connectivity index (χ0n) is 12.5. The van der Waals surface area contributed by atoms with E-state index in [4.69, 9.17) is 0 Å². The maximum Gasteiger partial charge on any atom is 0.165 e. The van der Waals surface area contributed by atoms with Crippen molar-refractivity contribution < 1.29 is 13.6 Å². The molecule has 0 bridgehead atoms. The van der Waals surface area contributed by atoms with Gasteiger partial charge in [-0.15, -0.1) is 0 Å². The first-order valence-electron chi connectivity index (χ1n) is 7.72. The third-order valence-corrected chi connectivity index (χ3v) is 4.49. The molecule has 2 aromatic carbocycles. The smallest absolute Gasteiger partial charge is 0.165 e. The van der Waals surface area contributed by atoms with Crippen LogP contribution in [0, 0.1) is 11.6 Å². The monoisotopic (exact) mass is 311 g/mol. The lowest BCUT2D eigenvalue weighted by Gasteiger charge is -2.15. The van der Waals surface area contributed by atoms with Gasteiger partial charge in [-0.25, -0.2) is 8.78 Å². The highest BCUT2D eigenvalue weighted by molar-refractivity contribution is 6.10. The maximum atomic E-state index is 14.4. The van der Waals surface area contributed by atoms with E-state index in [1.54, 1.807) is 18.2 Å². The molecule has 0 aliphatic heterocycles. The molecule has 116 valence electrons. The number of nitrogens with zero attached hydrogens (tertiary/aromatic N) is 1. The third-order valence-electron chi connectivity index (χ3n) is 4.49. The lowest BCUT2D eigenvalue weighted by atomic mass is 9.94. The highest BCUT2D eigenvalue weighted by atomic mass is 19.1. The van der Waals surface area contributed by atoms with Crippen LogP contribution in [0.5, 0.6) is 0 Å². The van der Waals surface area contributed by atoms with Gasteiger partial charge in [0.1, 0.15) is 11.6 Å². The number of hydrogen-bond donors (Lipinski definition) is 0. The number of benzene rings is 2. The molecule has 3 aromatic rings. The van der Waals surface area contributed by atoms with Crippen molar-refractivity contribution in [3.63, 3.8) is 0 Å². The molecule has 0 amide bonds. The fraction of sp³-hybridized carbons (Fsp3) is 0.211. The van der Waals surface area contributed by atoms with E-state index in [-0.39, 0.29) is 17.4 Å². The minimum atomic E-state index is -0.327. The SMILES string of the molecule is O=C1CCCc2c1c1cccc(F)c1n2Cc1ccc(F)cc1. The van der Waals surface area contributed by atoms with Gasteiger partial charge in [0.05, 0.1) is 5.52 Å². The number of para-hydroxylation sites is 1. The first kappa shape index (κ1) is 14.1. The number of carbonyl (C=O) groups excluding carboxylic acids is 1. The summed E-state index contributed by atoms with van der Waals surface area (Å²) in [7, 11) is 0. The predicted molar refractivity (Wildman–Crippen MR) is 84.7 cm³/mol. The van der Waals surface area contributed by atoms with E-state index in [1.165, 1.54) is 18.2 Å². The second kappa shape index (κ2) is 5.30. The average molecular weight is 311 g/mol. The Labute approximate surface area is 132 Å². The van der Waals surface area contributed by atoms with E-state index in [0.29, 0.717) is 29.4 Å². The van der Waals surface area contributed by atoms with Gasteiger partial charge in [-0.1, -0.05) is 24.3 Å². The van der Waals surface area contributed by atoms with Crippen LogP contribution >= 0.6 is 0 Å². The molecule has 1 aliphatic rings. The zero-order chi connectivity index (χ0) is 16.0. The molecule has 0 unspecified atom stereocenters. The molecule has 0 fully saturated rings. The van der Waals surface area contributed by atoms with Gasteiger partial charge in [-0.05, 0) is 36.6 Å².